The zero-order valence-electron chi connectivity index (χ0n) is 18.9. The Labute approximate surface area is 190 Å². The average molecular weight is 477 g/mol. The largest absolute Gasteiger partial charge is 0.573 e. The summed E-state index contributed by atoms with van der Waals surface area (Å²) < 4.78 is 45.6. The topological polar surface area (TPSA) is 125 Å². The molecule has 1 aromatic rings. The van der Waals surface area contributed by atoms with Crippen LogP contribution in [0.1, 0.15) is 34.1 Å². The second-order valence-electron chi connectivity index (χ2n) is 8.51. The first-order valence-corrected chi connectivity index (χ1v) is 10.4. The van der Waals surface area contributed by atoms with Gasteiger partial charge < -0.3 is 30.7 Å². The van der Waals surface area contributed by atoms with Crippen LogP contribution in [0.3, 0.4) is 0 Å². The van der Waals surface area contributed by atoms with E-state index in [0.717, 1.165) is 18.6 Å². The Hall–Kier alpha value is -2.77. The first-order valence-electron chi connectivity index (χ1n) is 10.4. The van der Waals surface area contributed by atoms with Gasteiger partial charge in [-0.25, -0.2) is 9.59 Å². The normalized spacial score (nSPS) is 21.1. The van der Waals surface area contributed by atoms with Crippen LogP contribution in [-0.4, -0.2) is 55.7 Å². The van der Waals surface area contributed by atoms with Crippen LogP contribution in [0.25, 0.3) is 0 Å². The first-order chi connectivity index (χ1) is 15.3. The van der Waals surface area contributed by atoms with Crippen molar-refractivity contribution in [2.75, 3.05) is 18.4 Å². The van der Waals surface area contributed by atoms with E-state index in [-0.39, 0.29) is 18.0 Å². The number of hydrogen-bond donors (Lipinski definition) is 6. The molecule has 33 heavy (non-hydrogen) atoms. The van der Waals surface area contributed by atoms with Gasteiger partial charge in [0.05, 0.1) is 6.17 Å². The SMILES string of the molecule is CC1CC(NCCNC(=O)OC(C)(C)C)NC(NC(=O)Nc2ccc(OC(F)(F)F)cc2)N1. The van der Waals surface area contributed by atoms with Gasteiger partial charge in [-0.15, -0.1) is 13.2 Å². The van der Waals surface area contributed by atoms with Crippen LogP contribution in [0.15, 0.2) is 24.3 Å². The molecule has 0 aromatic heterocycles. The highest BCUT2D eigenvalue weighted by atomic mass is 19.4. The molecule has 0 saturated carbocycles. The van der Waals surface area contributed by atoms with Gasteiger partial charge in [-0.2, -0.15) is 0 Å². The number of carbonyl (C=O) groups excluding carboxylic acids is 2. The summed E-state index contributed by atoms with van der Waals surface area (Å²) in [7, 11) is 0. The Morgan fingerprint density at radius 1 is 1.09 bits per heavy atom. The molecule has 10 nitrogen and oxygen atoms in total. The molecular formula is C20H31F3N6O4. The molecule has 0 aliphatic carbocycles. The fourth-order valence-corrected chi connectivity index (χ4v) is 3.01. The van der Waals surface area contributed by atoms with E-state index in [0.29, 0.717) is 18.8 Å². The summed E-state index contributed by atoms with van der Waals surface area (Å²) in [6.45, 7) is 8.15. The van der Waals surface area contributed by atoms with E-state index in [9.17, 15) is 22.8 Å². The predicted molar refractivity (Wildman–Crippen MR) is 115 cm³/mol. The molecule has 1 aromatic carbocycles. The molecule has 1 aliphatic rings. The zero-order chi connectivity index (χ0) is 24.6. The Morgan fingerprint density at radius 2 is 1.76 bits per heavy atom. The van der Waals surface area contributed by atoms with Crippen LogP contribution in [0, 0.1) is 0 Å². The number of alkyl carbamates (subject to hydrolysis) is 1. The molecule has 186 valence electrons. The van der Waals surface area contributed by atoms with Crippen LogP contribution in [-0.2, 0) is 4.74 Å². The molecular weight excluding hydrogens is 445 g/mol. The van der Waals surface area contributed by atoms with Crippen LogP contribution in [0.5, 0.6) is 5.75 Å². The lowest BCUT2D eigenvalue weighted by Crippen LogP contribution is -2.68. The van der Waals surface area contributed by atoms with Crippen LogP contribution < -0.4 is 36.6 Å². The van der Waals surface area contributed by atoms with Crippen molar-refractivity contribution >= 4 is 17.8 Å². The number of alkyl halides is 3. The molecule has 3 unspecified atom stereocenters. The third-order valence-corrected chi connectivity index (χ3v) is 4.21. The molecule has 6 N–H and O–H groups in total. The molecule has 0 radical (unpaired) electrons. The van der Waals surface area contributed by atoms with Gasteiger partial charge in [0, 0.05) is 24.8 Å². The van der Waals surface area contributed by atoms with E-state index >= 15 is 0 Å². The molecule has 3 amide bonds. The summed E-state index contributed by atoms with van der Waals surface area (Å²) in [5.41, 5.74) is -0.268. The van der Waals surface area contributed by atoms with Crippen LogP contribution >= 0.6 is 0 Å². The number of benzene rings is 1. The average Bonchev–Trinajstić information content (AvgIpc) is 2.64. The molecule has 0 bridgehead atoms. The van der Waals surface area contributed by atoms with Gasteiger partial charge in [0.15, 0.2) is 0 Å². The van der Waals surface area contributed by atoms with Gasteiger partial charge in [-0.05, 0) is 58.4 Å². The number of carbonyl (C=O) groups is 2. The van der Waals surface area contributed by atoms with Crippen molar-refractivity contribution in [3.8, 4) is 5.75 Å². The lowest BCUT2D eigenvalue weighted by molar-refractivity contribution is -0.274. The summed E-state index contributed by atoms with van der Waals surface area (Å²) in [6.07, 6.45) is -5.24. The molecule has 2 rings (SSSR count). The van der Waals surface area contributed by atoms with E-state index in [1.54, 1.807) is 20.8 Å². The number of amides is 3. The molecule has 1 fully saturated rings. The van der Waals surface area contributed by atoms with Crippen molar-refractivity contribution in [2.24, 2.45) is 0 Å². The molecule has 1 heterocycles. The minimum absolute atomic E-state index is 0.0756. The van der Waals surface area contributed by atoms with Gasteiger partial charge >= 0.3 is 18.5 Å². The molecule has 0 spiro atoms. The van der Waals surface area contributed by atoms with Crippen LogP contribution in [0.4, 0.5) is 28.4 Å². The highest BCUT2D eigenvalue weighted by molar-refractivity contribution is 5.89. The van der Waals surface area contributed by atoms with Crippen molar-refractivity contribution < 1.29 is 32.2 Å². The maximum absolute atomic E-state index is 12.3. The third kappa shape index (κ3) is 11.1. The molecule has 13 heteroatoms. The quantitative estimate of drug-likeness (QED) is 0.334. The fourth-order valence-electron chi connectivity index (χ4n) is 3.01. The zero-order valence-corrected chi connectivity index (χ0v) is 18.9. The van der Waals surface area contributed by atoms with Crippen molar-refractivity contribution in [1.29, 1.82) is 0 Å². The van der Waals surface area contributed by atoms with Crippen molar-refractivity contribution in [3.63, 3.8) is 0 Å². The van der Waals surface area contributed by atoms with Gasteiger partial charge in [0.2, 0.25) is 0 Å². The monoisotopic (exact) mass is 476 g/mol. The maximum Gasteiger partial charge on any atom is 0.573 e. The van der Waals surface area contributed by atoms with E-state index in [4.69, 9.17) is 4.74 Å². The van der Waals surface area contributed by atoms with E-state index < -0.39 is 30.4 Å². The first kappa shape index (κ1) is 26.5. The van der Waals surface area contributed by atoms with Crippen molar-refractivity contribution in [3.05, 3.63) is 24.3 Å². The Morgan fingerprint density at radius 3 is 2.36 bits per heavy atom. The lowest BCUT2D eigenvalue weighted by Gasteiger charge is -2.36. The summed E-state index contributed by atoms with van der Waals surface area (Å²) in [6, 6.07) is 4.33. The fraction of sp³-hybridized carbons (Fsp3) is 0.600. The number of hydrogen-bond acceptors (Lipinski definition) is 7. The van der Waals surface area contributed by atoms with Gasteiger partial charge in [0.25, 0.3) is 0 Å². The molecule has 3 atom stereocenters. The number of urea groups is 1. The van der Waals surface area contributed by atoms with Gasteiger partial charge in [-0.1, -0.05) is 0 Å². The summed E-state index contributed by atoms with van der Waals surface area (Å²) in [5, 5.41) is 17.5. The Bertz CT molecular complexity index is 785. The highest BCUT2D eigenvalue weighted by Gasteiger charge is 2.31. The van der Waals surface area contributed by atoms with Crippen LogP contribution in [0.2, 0.25) is 0 Å². The Kier molecular flexibility index (Phi) is 9.14. The van der Waals surface area contributed by atoms with Crippen molar-refractivity contribution in [1.82, 2.24) is 26.6 Å². The smallest absolute Gasteiger partial charge is 0.444 e. The number of anilines is 1. The lowest BCUT2D eigenvalue weighted by atomic mass is 10.1. The van der Waals surface area contributed by atoms with Gasteiger partial charge in [-0.3, -0.25) is 10.6 Å². The summed E-state index contributed by atoms with van der Waals surface area (Å²) in [4.78, 5) is 23.9. The second-order valence-corrected chi connectivity index (χ2v) is 8.51. The minimum Gasteiger partial charge on any atom is -0.444 e. The Balaban J connectivity index is 1.74. The minimum atomic E-state index is -4.78. The number of halogens is 3. The third-order valence-electron chi connectivity index (χ3n) is 4.21. The van der Waals surface area contributed by atoms with E-state index in [2.05, 4.69) is 36.6 Å². The molecule has 1 aliphatic heterocycles. The predicted octanol–water partition coefficient (Wildman–Crippen LogP) is 2.40. The summed E-state index contributed by atoms with van der Waals surface area (Å²) >= 11 is 0. The van der Waals surface area contributed by atoms with E-state index in [1.165, 1.54) is 12.1 Å². The number of rotatable bonds is 7. The number of nitrogens with one attached hydrogen (secondary N) is 6. The van der Waals surface area contributed by atoms with E-state index in [1.807, 2.05) is 6.92 Å². The van der Waals surface area contributed by atoms with Crippen molar-refractivity contribution in [2.45, 2.75) is 64.6 Å². The highest BCUT2D eigenvalue weighted by Crippen LogP contribution is 2.23. The second kappa shape index (κ2) is 11.4. The number of ether oxygens (including phenoxy) is 2. The van der Waals surface area contributed by atoms with Gasteiger partial charge in [0.1, 0.15) is 17.6 Å². The standard InChI is InChI=1S/C20H31F3N6O4/c1-12-11-15(24-9-10-25-18(31)33-19(2,3)4)28-16(26-12)29-17(30)27-13-5-7-14(8-6-13)32-20(21,22)23/h5-8,12,15-16,24,26,28H,9-11H2,1-4H3,(H,25,31)(H2,27,29,30). The molecule has 1 saturated heterocycles. The summed E-state index contributed by atoms with van der Waals surface area (Å²) in [5.74, 6) is -0.382. The maximum atomic E-state index is 12.3.